The molecular formula is C12H14BrN3O3. The number of fused-ring (bicyclic) bond motifs is 1. The lowest BCUT2D eigenvalue weighted by molar-refractivity contribution is -0.142. The first-order valence-electron chi connectivity index (χ1n) is 5.80. The van der Waals surface area contributed by atoms with E-state index in [1.165, 1.54) is 0 Å². The molecule has 0 saturated carbocycles. The third-order valence-electron chi connectivity index (χ3n) is 2.68. The highest BCUT2D eigenvalue weighted by Gasteiger charge is 2.19. The number of carbonyl (C=O) groups is 1. The normalized spacial score (nSPS) is 10.7. The Bertz CT molecular complexity index is 624. The van der Waals surface area contributed by atoms with Gasteiger partial charge in [0.1, 0.15) is 0 Å². The maximum absolute atomic E-state index is 11.6. The second-order valence-corrected chi connectivity index (χ2v) is 4.75. The second kappa shape index (κ2) is 5.56. The number of ether oxygens (including phenoxy) is 2. The molecule has 2 rings (SSSR count). The summed E-state index contributed by atoms with van der Waals surface area (Å²) in [6.07, 6.45) is 1.75. The maximum Gasteiger partial charge on any atom is 0.310 e. The Morgan fingerprint density at radius 3 is 2.89 bits per heavy atom. The van der Waals surface area contributed by atoms with Crippen molar-refractivity contribution < 1.29 is 14.3 Å². The van der Waals surface area contributed by atoms with Crippen LogP contribution in [0.3, 0.4) is 0 Å². The Morgan fingerprint density at radius 1 is 1.53 bits per heavy atom. The number of aryl methyl sites for hydroxylation is 1. The lowest BCUT2D eigenvalue weighted by Crippen LogP contribution is -2.13. The first-order valence-corrected chi connectivity index (χ1v) is 6.60. The van der Waals surface area contributed by atoms with Crippen LogP contribution < -0.4 is 4.74 Å². The van der Waals surface area contributed by atoms with Gasteiger partial charge in [-0.1, -0.05) is 0 Å². The van der Waals surface area contributed by atoms with E-state index in [9.17, 15) is 4.79 Å². The topological polar surface area (TPSA) is 65.7 Å². The van der Waals surface area contributed by atoms with Crippen LogP contribution in [0.5, 0.6) is 5.88 Å². The van der Waals surface area contributed by atoms with Gasteiger partial charge in [0.2, 0.25) is 5.88 Å². The number of carbonyl (C=O) groups excluding carboxylic acids is 1. The number of hydrogen-bond acceptors (Lipinski definition) is 5. The van der Waals surface area contributed by atoms with E-state index >= 15 is 0 Å². The molecule has 0 fully saturated rings. The minimum absolute atomic E-state index is 0.114. The van der Waals surface area contributed by atoms with Gasteiger partial charge in [-0.3, -0.25) is 4.79 Å². The first kappa shape index (κ1) is 13.8. The zero-order valence-electron chi connectivity index (χ0n) is 10.9. The zero-order valence-corrected chi connectivity index (χ0v) is 12.5. The summed E-state index contributed by atoms with van der Waals surface area (Å²) in [5.41, 5.74) is 2.06. The summed E-state index contributed by atoms with van der Waals surface area (Å²) < 4.78 is 12.7. The molecule has 0 radical (unpaired) electrons. The summed E-state index contributed by atoms with van der Waals surface area (Å²) in [6.45, 7) is 3.95. The van der Waals surface area contributed by atoms with Crippen LogP contribution in [0.4, 0.5) is 0 Å². The van der Waals surface area contributed by atoms with Crippen molar-refractivity contribution in [2.45, 2.75) is 20.3 Å². The van der Waals surface area contributed by atoms with Gasteiger partial charge in [-0.2, -0.15) is 9.61 Å². The summed E-state index contributed by atoms with van der Waals surface area (Å²) in [5, 5.41) is 4.17. The van der Waals surface area contributed by atoms with Gasteiger partial charge < -0.3 is 9.47 Å². The molecule has 0 N–H and O–H groups in total. The van der Waals surface area contributed by atoms with Crippen LogP contribution in [-0.4, -0.2) is 34.3 Å². The van der Waals surface area contributed by atoms with E-state index in [2.05, 4.69) is 26.0 Å². The fourth-order valence-electron chi connectivity index (χ4n) is 1.85. The number of hydrogen-bond donors (Lipinski definition) is 0. The number of esters is 1. The summed E-state index contributed by atoms with van der Waals surface area (Å²) in [5.74, 6) is 0.192. The van der Waals surface area contributed by atoms with Crippen LogP contribution >= 0.6 is 15.9 Å². The molecule has 0 aliphatic rings. The van der Waals surface area contributed by atoms with E-state index in [1.807, 2.05) is 6.92 Å². The quantitative estimate of drug-likeness (QED) is 0.802. The Balaban J connectivity index is 2.53. The predicted octanol–water partition coefficient (Wildman–Crippen LogP) is 1.91. The van der Waals surface area contributed by atoms with Crippen molar-refractivity contribution in [2.24, 2.45) is 0 Å². The highest BCUT2D eigenvalue weighted by atomic mass is 79.9. The Morgan fingerprint density at radius 2 is 2.26 bits per heavy atom. The number of methoxy groups -OCH3 is 1. The van der Waals surface area contributed by atoms with Crippen LogP contribution in [0.2, 0.25) is 0 Å². The van der Waals surface area contributed by atoms with Crippen molar-refractivity contribution in [3.8, 4) is 5.88 Å². The molecule has 19 heavy (non-hydrogen) atoms. The molecule has 2 heterocycles. The third-order valence-corrected chi connectivity index (χ3v) is 3.24. The van der Waals surface area contributed by atoms with E-state index in [0.29, 0.717) is 23.7 Å². The van der Waals surface area contributed by atoms with Crippen LogP contribution in [0.25, 0.3) is 5.65 Å². The van der Waals surface area contributed by atoms with Crippen molar-refractivity contribution >= 4 is 27.5 Å². The average molecular weight is 328 g/mol. The maximum atomic E-state index is 11.6. The highest BCUT2D eigenvalue weighted by molar-refractivity contribution is 9.10. The van der Waals surface area contributed by atoms with E-state index in [-0.39, 0.29) is 12.4 Å². The molecule has 2 aromatic heterocycles. The van der Waals surface area contributed by atoms with Gasteiger partial charge in [0.15, 0.2) is 5.65 Å². The van der Waals surface area contributed by atoms with Gasteiger partial charge in [0, 0.05) is 11.3 Å². The summed E-state index contributed by atoms with van der Waals surface area (Å²) in [7, 11) is 1.54. The smallest absolute Gasteiger partial charge is 0.310 e. The third kappa shape index (κ3) is 2.56. The molecule has 0 aliphatic carbocycles. The Labute approximate surface area is 118 Å². The Kier molecular flexibility index (Phi) is 4.04. The van der Waals surface area contributed by atoms with Gasteiger partial charge in [-0.15, -0.1) is 0 Å². The van der Waals surface area contributed by atoms with Crippen molar-refractivity contribution in [1.82, 2.24) is 14.6 Å². The molecule has 2 aromatic rings. The summed E-state index contributed by atoms with van der Waals surface area (Å²) in [6, 6.07) is 0. The standard InChI is InChI=1S/C12H14BrN3O3/c1-4-19-10(17)5-8-7(2)15-11-9(13)6-14-16(11)12(8)18-3/h6H,4-5H2,1-3H3. The van der Waals surface area contributed by atoms with Crippen molar-refractivity contribution in [1.29, 1.82) is 0 Å². The Hall–Kier alpha value is -1.63. The highest BCUT2D eigenvalue weighted by Crippen LogP contribution is 2.26. The van der Waals surface area contributed by atoms with Crippen molar-refractivity contribution in [3.05, 3.63) is 21.9 Å². The molecule has 0 spiro atoms. The van der Waals surface area contributed by atoms with Gasteiger partial charge in [0.05, 0.1) is 30.8 Å². The van der Waals surface area contributed by atoms with E-state index < -0.39 is 0 Å². The minimum Gasteiger partial charge on any atom is -0.481 e. The van der Waals surface area contributed by atoms with Crippen LogP contribution in [-0.2, 0) is 16.0 Å². The summed E-state index contributed by atoms with van der Waals surface area (Å²) in [4.78, 5) is 16.1. The molecule has 0 aromatic carbocycles. The molecule has 0 amide bonds. The average Bonchev–Trinajstić information content (AvgIpc) is 2.72. The van der Waals surface area contributed by atoms with Crippen molar-refractivity contribution in [3.63, 3.8) is 0 Å². The number of rotatable bonds is 4. The number of aromatic nitrogens is 3. The minimum atomic E-state index is -0.309. The molecule has 0 atom stereocenters. The van der Waals surface area contributed by atoms with Crippen LogP contribution in [0.15, 0.2) is 10.7 Å². The largest absolute Gasteiger partial charge is 0.481 e. The molecule has 0 bridgehead atoms. The molecule has 0 saturated heterocycles. The number of nitrogens with zero attached hydrogens (tertiary/aromatic N) is 3. The lowest BCUT2D eigenvalue weighted by atomic mass is 10.1. The monoisotopic (exact) mass is 327 g/mol. The SMILES string of the molecule is CCOC(=O)Cc1c(C)nc2c(Br)cnn2c1OC. The summed E-state index contributed by atoms with van der Waals surface area (Å²) >= 11 is 3.37. The van der Waals surface area contributed by atoms with Crippen LogP contribution in [0, 0.1) is 6.92 Å². The van der Waals surface area contributed by atoms with Gasteiger partial charge in [-0.05, 0) is 29.8 Å². The van der Waals surface area contributed by atoms with Crippen LogP contribution in [0.1, 0.15) is 18.2 Å². The van der Waals surface area contributed by atoms with Gasteiger partial charge in [-0.25, -0.2) is 4.98 Å². The molecule has 0 unspecified atom stereocenters. The van der Waals surface area contributed by atoms with Gasteiger partial charge >= 0.3 is 5.97 Å². The lowest BCUT2D eigenvalue weighted by Gasteiger charge is -2.12. The van der Waals surface area contributed by atoms with E-state index in [4.69, 9.17) is 9.47 Å². The molecular weight excluding hydrogens is 314 g/mol. The van der Waals surface area contributed by atoms with E-state index in [1.54, 1.807) is 24.7 Å². The van der Waals surface area contributed by atoms with Crippen molar-refractivity contribution in [2.75, 3.05) is 13.7 Å². The fraction of sp³-hybridized carbons (Fsp3) is 0.417. The number of halogens is 1. The molecule has 6 nitrogen and oxygen atoms in total. The van der Waals surface area contributed by atoms with Gasteiger partial charge in [0.25, 0.3) is 0 Å². The van der Waals surface area contributed by atoms with E-state index in [0.717, 1.165) is 10.2 Å². The zero-order chi connectivity index (χ0) is 14.0. The molecule has 102 valence electrons. The fourth-order valence-corrected chi connectivity index (χ4v) is 2.20. The predicted molar refractivity (Wildman–Crippen MR) is 72.3 cm³/mol. The first-order chi connectivity index (χ1) is 9.08. The molecule has 0 aliphatic heterocycles. The molecule has 7 heteroatoms. The second-order valence-electron chi connectivity index (χ2n) is 3.89.